The smallest absolute Gasteiger partial charge is 0.446 e. The van der Waals surface area contributed by atoms with Crippen LogP contribution in [-0.2, 0) is 15.8 Å². The van der Waals surface area contributed by atoms with Crippen molar-refractivity contribution in [2.75, 3.05) is 0 Å². The summed E-state index contributed by atoms with van der Waals surface area (Å²) in [6.07, 6.45) is -5.02. The van der Waals surface area contributed by atoms with Crippen LogP contribution in [0.25, 0.3) is 22.1 Å². The molecule has 0 radical (unpaired) electrons. The summed E-state index contributed by atoms with van der Waals surface area (Å²) in [5, 5.41) is -0.274. The molecule has 0 saturated carbocycles. The van der Waals surface area contributed by atoms with Crippen molar-refractivity contribution in [1.29, 1.82) is 0 Å². The van der Waals surface area contributed by atoms with Crippen molar-refractivity contribution in [3.05, 3.63) is 58.4 Å². The zero-order valence-electron chi connectivity index (χ0n) is 15.1. The van der Waals surface area contributed by atoms with Crippen LogP contribution in [0, 0.1) is 0 Å². The summed E-state index contributed by atoms with van der Waals surface area (Å²) in [6, 6.07) is 9.51. The van der Waals surface area contributed by atoms with Crippen molar-refractivity contribution in [3.63, 3.8) is 0 Å². The molecule has 1 aromatic heterocycles. The number of benzene rings is 2. The Morgan fingerprint density at radius 2 is 1.55 bits per heavy atom. The van der Waals surface area contributed by atoms with E-state index in [0.717, 1.165) is 26.0 Å². The Hall–Kier alpha value is -3.62. The van der Waals surface area contributed by atoms with Gasteiger partial charge in [-0.25, -0.2) is 0 Å². The maximum absolute atomic E-state index is 13.7. The van der Waals surface area contributed by atoms with Crippen LogP contribution in [0.4, 0.5) is 13.2 Å². The summed E-state index contributed by atoms with van der Waals surface area (Å²) in [5.41, 5.74) is -2.31. The minimum atomic E-state index is -5.02. The van der Waals surface area contributed by atoms with Crippen LogP contribution in [0.1, 0.15) is 19.6 Å². The first-order valence-electron chi connectivity index (χ1n) is 8.23. The summed E-state index contributed by atoms with van der Waals surface area (Å²) in [7, 11) is 0. The van der Waals surface area contributed by atoms with E-state index in [-0.39, 0.29) is 16.7 Å². The van der Waals surface area contributed by atoms with Gasteiger partial charge in [0.05, 0.1) is 10.9 Å². The zero-order valence-corrected chi connectivity index (χ0v) is 15.1. The predicted octanol–water partition coefficient (Wildman–Crippen LogP) is 4.33. The highest BCUT2D eigenvalue weighted by Gasteiger charge is 2.40. The molecule has 29 heavy (non-hydrogen) atoms. The molecule has 0 aliphatic rings. The summed E-state index contributed by atoms with van der Waals surface area (Å²) >= 11 is 0. The van der Waals surface area contributed by atoms with Crippen LogP contribution in [0.2, 0.25) is 0 Å². The molecule has 0 fully saturated rings. The Morgan fingerprint density at radius 1 is 0.931 bits per heavy atom. The van der Waals surface area contributed by atoms with E-state index in [2.05, 4.69) is 0 Å². The molecule has 0 unspecified atom stereocenters. The van der Waals surface area contributed by atoms with Crippen molar-refractivity contribution in [1.82, 2.24) is 0 Å². The lowest BCUT2D eigenvalue weighted by Gasteiger charge is -2.15. The van der Waals surface area contributed by atoms with E-state index in [1.165, 1.54) is 24.3 Å². The molecule has 0 saturated heterocycles. The molecule has 0 bridgehead atoms. The molecule has 1 heterocycles. The molecule has 0 aliphatic heterocycles. The highest BCUT2D eigenvalue weighted by Crippen LogP contribution is 2.41. The van der Waals surface area contributed by atoms with Gasteiger partial charge in [-0.15, -0.1) is 0 Å². The van der Waals surface area contributed by atoms with E-state index in [4.69, 9.17) is 13.9 Å². The fraction of sp³-hybridized carbons (Fsp3) is 0.150. The van der Waals surface area contributed by atoms with Crippen molar-refractivity contribution < 1.29 is 36.7 Å². The second-order valence-electron chi connectivity index (χ2n) is 5.96. The quantitative estimate of drug-likeness (QED) is 0.476. The molecule has 0 spiro atoms. The van der Waals surface area contributed by atoms with Crippen LogP contribution in [0.3, 0.4) is 0 Å². The molecule has 2 aromatic carbocycles. The SMILES string of the molecule is CC(=O)Oc1ccc2c(=O)c(-c3ccccc3)c(C(F)(F)F)oc2c1OC(C)=O. The average molecular weight is 406 g/mol. The first-order chi connectivity index (χ1) is 13.6. The molecule has 0 amide bonds. The first-order valence-corrected chi connectivity index (χ1v) is 8.23. The third-order valence-corrected chi connectivity index (χ3v) is 3.80. The molecule has 6 nitrogen and oxygen atoms in total. The maximum atomic E-state index is 13.7. The topological polar surface area (TPSA) is 82.8 Å². The largest absolute Gasteiger partial charge is 0.450 e. The number of fused-ring (bicyclic) bond motifs is 1. The third-order valence-electron chi connectivity index (χ3n) is 3.80. The lowest BCUT2D eigenvalue weighted by Crippen LogP contribution is -2.17. The van der Waals surface area contributed by atoms with Crippen LogP contribution < -0.4 is 14.9 Å². The summed E-state index contributed by atoms with van der Waals surface area (Å²) < 4.78 is 56.0. The summed E-state index contributed by atoms with van der Waals surface area (Å²) in [6.45, 7) is 2.05. The fourth-order valence-corrected chi connectivity index (χ4v) is 2.76. The van der Waals surface area contributed by atoms with E-state index >= 15 is 0 Å². The molecule has 9 heteroatoms. The lowest BCUT2D eigenvalue weighted by molar-refractivity contribution is -0.152. The zero-order chi connectivity index (χ0) is 21.3. The average Bonchev–Trinajstić information content (AvgIpc) is 2.62. The number of esters is 2. The molecule has 3 rings (SSSR count). The standard InChI is InChI=1S/C20H13F3O6/c1-10(24)27-14-9-8-13-16(26)15(12-6-4-3-5-7-12)19(20(21,22)23)29-17(13)18(14)28-11(2)25/h3-9H,1-2H3. The minimum Gasteiger partial charge on any atom is -0.446 e. The Bertz CT molecular complexity index is 1160. The van der Waals surface area contributed by atoms with Crippen molar-refractivity contribution >= 4 is 22.9 Å². The van der Waals surface area contributed by atoms with Gasteiger partial charge in [-0.1, -0.05) is 30.3 Å². The van der Waals surface area contributed by atoms with Crippen LogP contribution >= 0.6 is 0 Å². The normalized spacial score (nSPS) is 11.3. The van der Waals surface area contributed by atoms with E-state index in [1.807, 2.05) is 0 Å². The number of halogens is 3. The Kier molecular flexibility index (Phi) is 5.15. The van der Waals surface area contributed by atoms with E-state index in [0.29, 0.717) is 0 Å². The molecule has 0 N–H and O–H groups in total. The molecule has 0 atom stereocenters. The van der Waals surface area contributed by atoms with Crippen molar-refractivity contribution in [3.8, 4) is 22.6 Å². The van der Waals surface area contributed by atoms with Gasteiger partial charge >= 0.3 is 18.1 Å². The monoisotopic (exact) mass is 406 g/mol. The van der Waals surface area contributed by atoms with Crippen molar-refractivity contribution in [2.24, 2.45) is 0 Å². The molecule has 0 aliphatic carbocycles. The molecular weight excluding hydrogens is 393 g/mol. The van der Waals surface area contributed by atoms with Gasteiger partial charge < -0.3 is 13.9 Å². The highest BCUT2D eigenvalue weighted by atomic mass is 19.4. The van der Waals surface area contributed by atoms with Crippen LogP contribution in [0.15, 0.2) is 51.7 Å². The predicted molar refractivity (Wildman–Crippen MR) is 95.5 cm³/mol. The molecular formula is C20H13F3O6. The number of carbonyl (C=O) groups is 2. The molecule has 150 valence electrons. The van der Waals surface area contributed by atoms with Gasteiger partial charge in [-0.3, -0.25) is 14.4 Å². The van der Waals surface area contributed by atoms with E-state index in [9.17, 15) is 27.6 Å². The third kappa shape index (κ3) is 3.98. The number of ether oxygens (including phenoxy) is 2. The first kappa shape index (κ1) is 20.1. The van der Waals surface area contributed by atoms with Gasteiger partial charge in [-0.05, 0) is 17.7 Å². The fourth-order valence-electron chi connectivity index (χ4n) is 2.76. The van der Waals surface area contributed by atoms with Gasteiger partial charge in [0.25, 0.3) is 0 Å². The Balaban J connectivity index is 2.45. The number of hydrogen-bond acceptors (Lipinski definition) is 6. The van der Waals surface area contributed by atoms with Gasteiger partial charge in [0.2, 0.25) is 16.9 Å². The van der Waals surface area contributed by atoms with E-state index < -0.39 is 46.2 Å². The highest BCUT2D eigenvalue weighted by molar-refractivity contribution is 5.91. The van der Waals surface area contributed by atoms with E-state index in [1.54, 1.807) is 6.07 Å². The van der Waals surface area contributed by atoms with Gasteiger partial charge in [0, 0.05) is 13.8 Å². The second kappa shape index (κ2) is 7.42. The van der Waals surface area contributed by atoms with Gasteiger partial charge in [0.15, 0.2) is 11.3 Å². The molecule has 3 aromatic rings. The number of rotatable bonds is 3. The summed E-state index contributed by atoms with van der Waals surface area (Å²) in [4.78, 5) is 35.7. The maximum Gasteiger partial charge on any atom is 0.450 e. The Labute approximate surface area is 161 Å². The second-order valence-corrected chi connectivity index (χ2v) is 5.96. The summed E-state index contributed by atoms with van der Waals surface area (Å²) in [5.74, 6) is -4.22. The number of alkyl halides is 3. The number of carbonyl (C=O) groups excluding carboxylic acids is 2. The van der Waals surface area contributed by atoms with Crippen molar-refractivity contribution in [2.45, 2.75) is 20.0 Å². The van der Waals surface area contributed by atoms with Gasteiger partial charge in [0.1, 0.15) is 0 Å². The van der Waals surface area contributed by atoms with Gasteiger partial charge in [-0.2, -0.15) is 13.2 Å². The number of hydrogen-bond donors (Lipinski definition) is 0. The van der Waals surface area contributed by atoms with Crippen LogP contribution in [-0.4, -0.2) is 11.9 Å². The minimum absolute atomic E-state index is 0.00794. The van der Waals surface area contributed by atoms with Crippen LogP contribution in [0.5, 0.6) is 11.5 Å². The lowest BCUT2D eigenvalue weighted by atomic mass is 10.0. The Morgan fingerprint density at radius 3 is 2.10 bits per heavy atom.